The van der Waals surface area contributed by atoms with Crippen LogP contribution in [0, 0.1) is 0 Å². The lowest BCUT2D eigenvalue weighted by Gasteiger charge is -2.14. The molecule has 1 heterocycles. The van der Waals surface area contributed by atoms with Gasteiger partial charge in [0, 0.05) is 18.0 Å². The minimum Gasteiger partial charge on any atom is -0.495 e. The Hall–Kier alpha value is -1.29. The Balaban J connectivity index is 3.15. The van der Waals surface area contributed by atoms with E-state index in [2.05, 4.69) is 11.9 Å². The molecule has 0 radical (unpaired) electrons. The molecule has 0 amide bonds. The van der Waals surface area contributed by atoms with E-state index in [1.54, 1.807) is 14.2 Å². The van der Waals surface area contributed by atoms with E-state index in [-0.39, 0.29) is 6.04 Å². The number of hydrogen-bond donors (Lipinski definition) is 1. The van der Waals surface area contributed by atoms with Crippen LogP contribution in [0.3, 0.4) is 0 Å². The van der Waals surface area contributed by atoms with Gasteiger partial charge in [-0.25, -0.2) is 4.98 Å². The molecule has 1 unspecified atom stereocenters. The van der Waals surface area contributed by atoms with Gasteiger partial charge in [-0.05, 0) is 19.4 Å². The highest BCUT2D eigenvalue weighted by molar-refractivity contribution is 5.39. The maximum atomic E-state index is 5.77. The van der Waals surface area contributed by atoms with Crippen LogP contribution in [-0.2, 0) is 12.8 Å². The molecule has 1 atom stereocenters. The summed E-state index contributed by atoms with van der Waals surface area (Å²) in [6.45, 7) is 4.01. The van der Waals surface area contributed by atoms with Gasteiger partial charge in [0.1, 0.15) is 5.75 Å². The van der Waals surface area contributed by atoms with E-state index in [1.807, 2.05) is 13.0 Å². The van der Waals surface area contributed by atoms with Crippen LogP contribution in [-0.4, -0.2) is 25.2 Å². The zero-order valence-electron chi connectivity index (χ0n) is 10.4. The zero-order valence-corrected chi connectivity index (χ0v) is 10.4. The molecule has 0 aliphatic heterocycles. The van der Waals surface area contributed by atoms with Crippen molar-refractivity contribution in [1.29, 1.82) is 0 Å². The standard InChI is InChI=1S/C12H20N2O2/c1-5-9-7-11(15-3)10(6-8(2)13)14-12(9)16-4/h7-8H,5-6,13H2,1-4H3. The Morgan fingerprint density at radius 2 is 2.06 bits per heavy atom. The van der Waals surface area contributed by atoms with E-state index in [9.17, 15) is 0 Å². The second-order valence-corrected chi connectivity index (χ2v) is 3.84. The van der Waals surface area contributed by atoms with Gasteiger partial charge < -0.3 is 15.2 Å². The van der Waals surface area contributed by atoms with Crippen molar-refractivity contribution in [2.75, 3.05) is 14.2 Å². The fourth-order valence-corrected chi connectivity index (χ4v) is 1.61. The van der Waals surface area contributed by atoms with Crippen LogP contribution in [0.4, 0.5) is 0 Å². The Labute approximate surface area is 96.8 Å². The lowest BCUT2D eigenvalue weighted by Crippen LogP contribution is -2.19. The largest absolute Gasteiger partial charge is 0.495 e. The Bertz CT molecular complexity index is 351. The molecular weight excluding hydrogens is 204 g/mol. The number of rotatable bonds is 5. The van der Waals surface area contributed by atoms with Crippen LogP contribution in [0.5, 0.6) is 11.6 Å². The Kier molecular flexibility index (Phi) is 4.55. The van der Waals surface area contributed by atoms with Crippen LogP contribution in [0.2, 0.25) is 0 Å². The maximum absolute atomic E-state index is 5.77. The summed E-state index contributed by atoms with van der Waals surface area (Å²) in [5, 5.41) is 0. The fourth-order valence-electron chi connectivity index (χ4n) is 1.61. The normalized spacial score (nSPS) is 12.3. The number of nitrogens with two attached hydrogens (primary N) is 1. The summed E-state index contributed by atoms with van der Waals surface area (Å²) in [6.07, 6.45) is 1.55. The van der Waals surface area contributed by atoms with Gasteiger partial charge in [0.25, 0.3) is 0 Å². The molecule has 0 saturated carbocycles. The average molecular weight is 224 g/mol. The molecule has 0 aromatic carbocycles. The molecule has 0 aliphatic rings. The Morgan fingerprint density at radius 3 is 2.50 bits per heavy atom. The van der Waals surface area contributed by atoms with Crippen molar-refractivity contribution in [3.8, 4) is 11.6 Å². The van der Waals surface area contributed by atoms with E-state index < -0.39 is 0 Å². The molecule has 0 fully saturated rings. The van der Waals surface area contributed by atoms with Gasteiger partial charge in [-0.2, -0.15) is 0 Å². The van der Waals surface area contributed by atoms with Gasteiger partial charge in [0.2, 0.25) is 5.88 Å². The molecule has 4 heteroatoms. The topological polar surface area (TPSA) is 57.4 Å². The van der Waals surface area contributed by atoms with E-state index in [0.717, 1.165) is 23.4 Å². The monoisotopic (exact) mass is 224 g/mol. The molecule has 1 aromatic rings. The lowest BCUT2D eigenvalue weighted by atomic mass is 10.1. The second kappa shape index (κ2) is 5.70. The number of methoxy groups -OCH3 is 2. The van der Waals surface area contributed by atoms with Crippen molar-refractivity contribution in [3.63, 3.8) is 0 Å². The highest BCUT2D eigenvalue weighted by Crippen LogP contribution is 2.26. The first-order valence-electron chi connectivity index (χ1n) is 5.48. The summed E-state index contributed by atoms with van der Waals surface area (Å²) in [6, 6.07) is 2.03. The maximum Gasteiger partial charge on any atom is 0.216 e. The highest BCUT2D eigenvalue weighted by Gasteiger charge is 2.13. The van der Waals surface area contributed by atoms with Gasteiger partial charge in [-0.3, -0.25) is 0 Å². The number of ether oxygens (including phenoxy) is 2. The van der Waals surface area contributed by atoms with Crippen LogP contribution >= 0.6 is 0 Å². The molecule has 4 nitrogen and oxygen atoms in total. The van der Waals surface area contributed by atoms with Crippen molar-refractivity contribution in [2.24, 2.45) is 5.73 Å². The van der Waals surface area contributed by atoms with Crippen molar-refractivity contribution < 1.29 is 9.47 Å². The lowest BCUT2D eigenvalue weighted by molar-refractivity contribution is 0.376. The molecule has 0 aliphatic carbocycles. The molecule has 90 valence electrons. The first-order chi connectivity index (χ1) is 7.62. The molecule has 0 spiro atoms. The van der Waals surface area contributed by atoms with Crippen LogP contribution < -0.4 is 15.2 Å². The van der Waals surface area contributed by atoms with Crippen molar-refractivity contribution >= 4 is 0 Å². The zero-order chi connectivity index (χ0) is 12.1. The molecule has 16 heavy (non-hydrogen) atoms. The first kappa shape index (κ1) is 12.8. The molecule has 2 N–H and O–H groups in total. The molecule has 0 bridgehead atoms. The predicted molar refractivity (Wildman–Crippen MR) is 64.1 cm³/mol. The third-order valence-electron chi connectivity index (χ3n) is 2.41. The molecule has 1 aromatic heterocycles. The summed E-state index contributed by atoms with van der Waals surface area (Å²) in [5.74, 6) is 1.45. The summed E-state index contributed by atoms with van der Waals surface area (Å²) < 4.78 is 10.6. The van der Waals surface area contributed by atoms with Gasteiger partial charge in [0.05, 0.1) is 19.9 Å². The van der Waals surface area contributed by atoms with E-state index >= 15 is 0 Å². The third-order valence-corrected chi connectivity index (χ3v) is 2.41. The van der Waals surface area contributed by atoms with Gasteiger partial charge in [-0.15, -0.1) is 0 Å². The summed E-state index contributed by atoms with van der Waals surface area (Å²) in [5.41, 5.74) is 7.68. The molecule has 1 rings (SSSR count). The average Bonchev–Trinajstić information content (AvgIpc) is 2.27. The summed E-state index contributed by atoms with van der Waals surface area (Å²) >= 11 is 0. The second-order valence-electron chi connectivity index (χ2n) is 3.84. The molecule has 0 saturated heterocycles. The van der Waals surface area contributed by atoms with Crippen molar-refractivity contribution in [2.45, 2.75) is 32.7 Å². The predicted octanol–water partition coefficient (Wildman–Crippen LogP) is 1.55. The smallest absolute Gasteiger partial charge is 0.216 e. The van der Waals surface area contributed by atoms with Gasteiger partial charge in [0.15, 0.2) is 0 Å². The summed E-state index contributed by atoms with van der Waals surface area (Å²) in [7, 11) is 3.28. The van der Waals surface area contributed by atoms with Gasteiger partial charge in [-0.1, -0.05) is 6.92 Å². The van der Waals surface area contributed by atoms with E-state index in [0.29, 0.717) is 12.3 Å². The van der Waals surface area contributed by atoms with E-state index in [4.69, 9.17) is 15.2 Å². The van der Waals surface area contributed by atoms with Crippen LogP contribution in [0.25, 0.3) is 0 Å². The van der Waals surface area contributed by atoms with Gasteiger partial charge >= 0.3 is 0 Å². The number of aromatic nitrogens is 1. The number of hydrogen-bond acceptors (Lipinski definition) is 4. The number of aryl methyl sites for hydroxylation is 1. The van der Waals surface area contributed by atoms with Crippen LogP contribution in [0.1, 0.15) is 25.1 Å². The number of nitrogens with zero attached hydrogens (tertiary/aromatic N) is 1. The minimum atomic E-state index is 0.0542. The third kappa shape index (κ3) is 2.85. The fraction of sp³-hybridized carbons (Fsp3) is 0.583. The highest BCUT2D eigenvalue weighted by atomic mass is 16.5. The first-order valence-corrected chi connectivity index (χ1v) is 5.48. The Morgan fingerprint density at radius 1 is 1.38 bits per heavy atom. The molecular formula is C12H20N2O2. The minimum absolute atomic E-state index is 0.0542. The SMILES string of the molecule is CCc1cc(OC)c(CC(C)N)nc1OC. The quantitative estimate of drug-likeness (QED) is 0.824. The van der Waals surface area contributed by atoms with Crippen molar-refractivity contribution in [1.82, 2.24) is 4.98 Å². The van der Waals surface area contributed by atoms with Crippen molar-refractivity contribution in [3.05, 3.63) is 17.3 Å². The van der Waals surface area contributed by atoms with E-state index in [1.165, 1.54) is 0 Å². The van der Waals surface area contributed by atoms with Crippen LogP contribution in [0.15, 0.2) is 6.07 Å². The number of pyridine rings is 1. The summed E-state index contributed by atoms with van der Waals surface area (Å²) in [4.78, 5) is 4.45.